The molecule has 29 heavy (non-hydrogen) atoms. The van der Waals surface area contributed by atoms with Gasteiger partial charge in [0.25, 0.3) is 0 Å². The van der Waals surface area contributed by atoms with Crippen molar-refractivity contribution in [3.05, 3.63) is 29.3 Å². The summed E-state index contributed by atoms with van der Waals surface area (Å²) >= 11 is 5.86. The van der Waals surface area contributed by atoms with E-state index in [-0.39, 0.29) is 18.7 Å². The van der Waals surface area contributed by atoms with E-state index in [1.807, 2.05) is 7.05 Å². The van der Waals surface area contributed by atoms with Crippen LogP contribution < -0.4 is 4.74 Å². The van der Waals surface area contributed by atoms with Crippen LogP contribution in [0.1, 0.15) is 44.9 Å². The lowest BCUT2D eigenvalue weighted by Crippen LogP contribution is -2.42. The number of ether oxygens (including phenoxy) is 2. The maximum Gasteiger partial charge on any atom is 0.415 e. The lowest BCUT2D eigenvalue weighted by Gasteiger charge is -2.34. The van der Waals surface area contributed by atoms with Crippen LogP contribution in [0.25, 0.3) is 0 Å². The molecule has 7 heteroatoms. The molecule has 164 valence electrons. The maximum absolute atomic E-state index is 12.4. The fraction of sp³-hybridized carbons (Fsp3) is 0.682. The van der Waals surface area contributed by atoms with Crippen molar-refractivity contribution >= 4 is 17.7 Å². The van der Waals surface area contributed by atoms with Crippen LogP contribution in [0.15, 0.2) is 24.3 Å². The van der Waals surface area contributed by atoms with Crippen molar-refractivity contribution in [1.82, 2.24) is 9.80 Å². The summed E-state index contributed by atoms with van der Waals surface area (Å²) in [5.41, 5.74) is 0. The SMILES string of the molecule is CN(CCO)CCCCCOC1CCC(N(C)C(=O)Oc2ccc(Cl)cc2)CC1. The third-order valence-corrected chi connectivity index (χ3v) is 5.77. The predicted molar refractivity (Wildman–Crippen MR) is 116 cm³/mol. The molecule has 1 aromatic carbocycles. The Hall–Kier alpha value is -1.34. The summed E-state index contributed by atoms with van der Waals surface area (Å²) in [7, 11) is 3.84. The van der Waals surface area contributed by atoms with E-state index in [1.54, 1.807) is 36.2 Å². The topological polar surface area (TPSA) is 62.2 Å². The van der Waals surface area contributed by atoms with Crippen molar-refractivity contribution in [2.24, 2.45) is 0 Å². The van der Waals surface area contributed by atoms with Crippen molar-refractivity contribution in [2.45, 2.75) is 57.1 Å². The number of carbonyl (C=O) groups excluding carboxylic acids is 1. The summed E-state index contributed by atoms with van der Waals surface area (Å²) in [6.45, 7) is 2.77. The first kappa shape index (κ1) is 23.9. The molecule has 0 bridgehead atoms. The third-order valence-electron chi connectivity index (χ3n) is 5.52. The minimum absolute atomic E-state index is 0.191. The Labute approximate surface area is 179 Å². The molecule has 0 atom stereocenters. The summed E-state index contributed by atoms with van der Waals surface area (Å²) in [5, 5.41) is 9.50. The minimum atomic E-state index is -0.331. The molecule has 1 N–H and O–H groups in total. The Kier molecular flexibility index (Phi) is 10.8. The van der Waals surface area contributed by atoms with E-state index >= 15 is 0 Å². The molecule has 1 aliphatic carbocycles. The van der Waals surface area contributed by atoms with Gasteiger partial charge in [-0.15, -0.1) is 0 Å². The molecule has 0 unspecified atom stereocenters. The van der Waals surface area contributed by atoms with E-state index in [0.29, 0.717) is 16.9 Å². The highest BCUT2D eigenvalue weighted by Crippen LogP contribution is 2.26. The number of carbonyl (C=O) groups is 1. The second-order valence-electron chi connectivity index (χ2n) is 7.82. The van der Waals surface area contributed by atoms with Crippen LogP contribution in [-0.4, -0.2) is 73.5 Å². The predicted octanol–water partition coefficient (Wildman–Crippen LogP) is 4.19. The monoisotopic (exact) mass is 426 g/mol. The van der Waals surface area contributed by atoms with Crippen LogP contribution in [0.5, 0.6) is 5.75 Å². The second-order valence-corrected chi connectivity index (χ2v) is 8.26. The van der Waals surface area contributed by atoms with E-state index in [2.05, 4.69) is 4.90 Å². The van der Waals surface area contributed by atoms with Gasteiger partial charge in [0.05, 0.1) is 12.7 Å². The van der Waals surface area contributed by atoms with E-state index in [9.17, 15) is 4.79 Å². The lowest BCUT2D eigenvalue weighted by molar-refractivity contribution is 0.0103. The highest BCUT2D eigenvalue weighted by Gasteiger charge is 2.27. The quantitative estimate of drug-likeness (QED) is 0.537. The molecule has 1 amide bonds. The molecule has 2 rings (SSSR count). The molecule has 0 aromatic heterocycles. The van der Waals surface area contributed by atoms with Gasteiger partial charge in [0.2, 0.25) is 0 Å². The number of rotatable bonds is 11. The van der Waals surface area contributed by atoms with Gasteiger partial charge in [0, 0.05) is 31.3 Å². The fourth-order valence-corrected chi connectivity index (χ4v) is 3.74. The number of unbranched alkanes of at least 4 members (excludes halogenated alkanes) is 2. The largest absolute Gasteiger partial charge is 0.415 e. The summed E-state index contributed by atoms with van der Waals surface area (Å²) in [5.74, 6) is 0.505. The third kappa shape index (κ3) is 8.91. The number of amides is 1. The van der Waals surface area contributed by atoms with Gasteiger partial charge in [0.1, 0.15) is 5.75 Å². The van der Waals surface area contributed by atoms with Crippen molar-refractivity contribution in [3.63, 3.8) is 0 Å². The zero-order valence-electron chi connectivity index (χ0n) is 17.7. The molecule has 1 aromatic rings. The molecule has 0 radical (unpaired) electrons. The number of benzene rings is 1. The Morgan fingerprint density at radius 1 is 1.07 bits per heavy atom. The average molecular weight is 427 g/mol. The molecule has 1 saturated carbocycles. The number of likely N-dealkylation sites (N-methyl/N-ethyl adjacent to an activating group) is 1. The normalized spacial score (nSPS) is 19.3. The fourth-order valence-electron chi connectivity index (χ4n) is 3.62. The van der Waals surface area contributed by atoms with Crippen LogP contribution in [0.3, 0.4) is 0 Å². The number of hydrogen-bond acceptors (Lipinski definition) is 5. The van der Waals surface area contributed by atoms with Crippen molar-refractivity contribution in [3.8, 4) is 5.75 Å². The highest BCUT2D eigenvalue weighted by atomic mass is 35.5. The van der Waals surface area contributed by atoms with E-state index in [0.717, 1.165) is 64.6 Å². The zero-order chi connectivity index (χ0) is 21.1. The summed E-state index contributed by atoms with van der Waals surface area (Å²) in [6.07, 6.45) is 7.13. The first-order valence-corrected chi connectivity index (χ1v) is 11.0. The van der Waals surface area contributed by atoms with Gasteiger partial charge in [0.15, 0.2) is 0 Å². The van der Waals surface area contributed by atoms with Gasteiger partial charge < -0.3 is 24.4 Å². The number of aliphatic hydroxyl groups excluding tert-OH is 1. The lowest BCUT2D eigenvalue weighted by atomic mass is 9.92. The Bertz CT molecular complexity index is 591. The van der Waals surface area contributed by atoms with E-state index < -0.39 is 0 Å². The highest BCUT2D eigenvalue weighted by molar-refractivity contribution is 6.30. The van der Waals surface area contributed by atoms with Gasteiger partial charge in [-0.05, 0) is 82.8 Å². The molecule has 1 aliphatic rings. The van der Waals surface area contributed by atoms with Gasteiger partial charge >= 0.3 is 6.09 Å². The average Bonchev–Trinajstić information content (AvgIpc) is 2.72. The Balaban J connectivity index is 1.58. The zero-order valence-corrected chi connectivity index (χ0v) is 18.4. The van der Waals surface area contributed by atoms with Gasteiger partial charge in [-0.2, -0.15) is 0 Å². The van der Waals surface area contributed by atoms with Crippen molar-refractivity contribution in [1.29, 1.82) is 0 Å². The molecular formula is C22H35ClN2O4. The first-order valence-electron chi connectivity index (χ1n) is 10.6. The standard InChI is InChI=1S/C22H35ClN2O4/c1-24(15-16-26)14-4-3-5-17-28-20-12-8-19(9-13-20)25(2)22(27)29-21-10-6-18(23)7-11-21/h6-7,10-11,19-20,26H,3-5,8-9,12-17H2,1-2H3. The Morgan fingerprint density at radius 3 is 2.41 bits per heavy atom. The summed E-state index contributed by atoms with van der Waals surface area (Å²) in [6, 6.07) is 7.00. The molecule has 0 spiro atoms. The maximum atomic E-state index is 12.4. The molecule has 0 heterocycles. The first-order chi connectivity index (χ1) is 14.0. The molecule has 0 aliphatic heterocycles. The van der Waals surface area contributed by atoms with E-state index in [4.69, 9.17) is 26.2 Å². The van der Waals surface area contributed by atoms with Gasteiger partial charge in [-0.3, -0.25) is 0 Å². The van der Waals surface area contributed by atoms with E-state index in [1.165, 1.54) is 0 Å². The van der Waals surface area contributed by atoms with Gasteiger partial charge in [-0.25, -0.2) is 4.79 Å². The summed E-state index contributed by atoms with van der Waals surface area (Å²) in [4.78, 5) is 16.2. The van der Waals surface area contributed by atoms with Crippen LogP contribution in [0.2, 0.25) is 5.02 Å². The number of halogens is 1. The van der Waals surface area contributed by atoms with Crippen LogP contribution in [0.4, 0.5) is 4.79 Å². The van der Waals surface area contributed by atoms with Crippen molar-refractivity contribution in [2.75, 3.05) is 40.4 Å². The molecule has 0 saturated heterocycles. The smallest absolute Gasteiger partial charge is 0.410 e. The number of hydrogen-bond donors (Lipinski definition) is 1. The Morgan fingerprint density at radius 2 is 1.76 bits per heavy atom. The second kappa shape index (κ2) is 13.1. The van der Waals surface area contributed by atoms with Crippen molar-refractivity contribution < 1.29 is 19.4 Å². The van der Waals surface area contributed by atoms with Crippen LogP contribution >= 0.6 is 11.6 Å². The molecule has 1 fully saturated rings. The molecule has 6 nitrogen and oxygen atoms in total. The number of aliphatic hydroxyl groups is 1. The van der Waals surface area contributed by atoms with Gasteiger partial charge in [-0.1, -0.05) is 11.6 Å². The molecular weight excluding hydrogens is 392 g/mol. The number of nitrogens with zero attached hydrogens (tertiary/aromatic N) is 2. The minimum Gasteiger partial charge on any atom is -0.410 e. The van der Waals surface area contributed by atoms with Crippen LogP contribution in [0, 0.1) is 0 Å². The van der Waals surface area contributed by atoms with Crippen LogP contribution in [-0.2, 0) is 4.74 Å². The summed E-state index contributed by atoms with van der Waals surface area (Å²) < 4.78 is 11.5.